The van der Waals surface area contributed by atoms with Gasteiger partial charge in [-0.05, 0) is 59.0 Å². The van der Waals surface area contributed by atoms with Crippen molar-refractivity contribution in [3.05, 3.63) is 56.0 Å². The van der Waals surface area contributed by atoms with E-state index in [4.69, 9.17) is 4.42 Å². The van der Waals surface area contributed by atoms with Gasteiger partial charge >= 0.3 is 0 Å². The van der Waals surface area contributed by atoms with E-state index in [9.17, 15) is 0 Å². The molecule has 1 aromatic carbocycles. The molecular weight excluding hydrogens is 393 g/mol. The SMILES string of the molecule is CCNC(c1ccoc1)c1cc(Br)ccc1I. The largest absolute Gasteiger partial charge is 0.472 e. The third-order valence-electron chi connectivity index (χ3n) is 2.55. The molecule has 1 N–H and O–H groups in total. The molecule has 0 aliphatic rings. The van der Waals surface area contributed by atoms with E-state index in [1.54, 1.807) is 12.5 Å². The summed E-state index contributed by atoms with van der Waals surface area (Å²) in [5.41, 5.74) is 2.42. The first-order chi connectivity index (χ1) is 8.22. The van der Waals surface area contributed by atoms with Crippen molar-refractivity contribution in [2.75, 3.05) is 6.54 Å². The smallest absolute Gasteiger partial charge is 0.0953 e. The van der Waals surface area contributed by atoms with Crippen LogP contribution in [0.3, 0.4) is 0 Å². The molecule has 1 heterocycles. The Morgan fingerprint density at radius 1 is 1.41 bits per heavy atom. The Labute approximate surface area is 123 Å². The average molecular weight is 406 g/mol. The van der Waals surface area contributed by atoms with Crippen LogP contribution in [0.2, 0.25) is 0 Å². The minimum atomic E-state index is 0.183. The van der Waals surface area contributed by atoms with Crippen molar-refractivity contribution in [2.24, 2.45) is 0 Å². The van der Waals surface area contributed by atoms with Crippen LogP contribution >= 0.6 is 38.5 Å². The third kappa shape index (κ3) is 3.11. The summed E-state index contributed by atoms with van der Waals surface area (Å²) in [7, 11) is 0. The lowest BCUT2D eigenvalue weighted by Crippen LogP contribution is -2.22. The minimum absolute atomic E-state index is 0.183. The van der Waals surface area contributed by atoms with Gasteiger partial charge in [0, 0.05) is 13.6 Å². The molecule has 17 heavy (non-hydrogen) atoms. The molecular formula is C13H13BrINO. The Kier molecular flexibility index (Phi) is 4.64. The maximum Gasteiger partial charge on any atom is 0.0953 e. The molecule has 0 aliphatic carbocycles. The second-order valence-corrected chi connectivity index (χ2v) is 5.79. The van der Waals surface area contributed by atoms with Crippen LogP contribution in [0, 0.1) is 3.57 Å². The Balaban J connectivity index is 2.42. The lowest BCUT2D eigenvalue weighted by Gasteiger charge is -2.18. The van der Waals surface area contributed by atoms with Crippen LogP contribution in [0.15, 0.2) is 45.7 Å². The van der Waals surface area contributed by atoms with E-state index in [-0.39, 0.29) is 6.04 Å². The maximum atomic E-state index is 5.18. The maximum absolute atomic E-state index is 5.18. The van der Waals surface area contributed by atoms with Crippen molar-refractivity contribution in [1.82, 2.24) is 5.32 Å². The minimum Gasteiger partial charge on any atom is -0.472 e. The van der Waals surface area contributed by atoms with E-state index in [1.165, 1.54) is 9.13 Å². The van der Waals surface area contributed by atoms with Gasteiger partial charge in [-0.15, -0.1) is 0 Å². The molecule has 2 aromatic rings. The number of rotatable bonds is 4. The molecule has 1 atom stereocenters. The summed E-state index contributed by atoms with van der Waals surface area (Å²) in [5, 5.41) is 3.48. The van der Waals surface area contributed by atoms with Crippen LogP contribution in [0.5, 0.6) is 0 Å². The zero-order valence-electron chi connectivity index (χ0n) is 9.41. The zero-order valence-corrected chi connectivity index (χ0v) is 13.2. The van der Waals surface area contributed by atoms with Gasteiger partial charge in [-0.1, -0.05) is 22.9 Å². The fraction of sp³-hybridized carbons (Fsp3) is 0.231. The number of nitrogens with one attached hydrogen (secondary N) is 1. The van der Waals surface area contributed by atoms with Crippen LogP contribution in [-0.2, 0) is 0 Å². The molecule has 90 valence electrons. The van der Waals surface area contributed by atoms with Gasteiger partial charge in [0.2, 0.25) is 0 Å². The Bertz CT molecular complexity index is 484. The van der Waals surface area contributed by atoms with Crippen LogP contribution in [0.25, 0.3) is 0 Å². The third-order valence-corrected chi connectivity index (χ3v) is 4.03. The number of hydrogen-bond donors (Lipinski definition) is 1. The van der Waals surface area contributed by atoms with Gasteiger partial charge < -0.3 is 9.73 Å². The molecule has 0 fully saturated rings. The summed E-state index contributed by atoms with van der Waals surface area (Å²) in [4.78, 5) is 0. The molecule has 1 aromatic heterocycles. The first-order valence-electron chi connectivity index (χ1n) is 5.42. The summed E-state index contributed by atoms with van der Waals surface area (Å²) < 4.78 is 7.52. The predicted molar refractivity (Wildman–Crippen MR) is 81.1 cm³/mol. The molecule has 0 saturated carbocycles. The molecule has 0 bridgehead atoms. The van der Waals surface area contributed by atoms with Crippen molar-refractivity contribution in [1.29, 1.82) is 0 Å². The molecule has 0 saturated heterocycles. The standard InChI is InChI=1S/C13H13BrINO/c1-2-16-13(9-5-6-17-8-9)11-7-10(14)3-4-12(11)15/h3-8,13,16H,2H2,1H3. The summed E-state index contributed by atoms with van der Waals surface area (Å²) in [6, 6.07) is 8.52. The average Bonchev–Trinajstić information content (AvgIpc) is 2.83. The molecule has 0 spiro atoms. The lowest BCUT2D eigenvalue weighted by molar-refractivity contribution is 0.552. The summed E-state index contributed by atoms with van der Waals surface area (Å²) >= 11 is 5.89. The summed E-state index contributed by atoms with van der Waals surface area (Å²) in [5.74, 6) is 0. The first-order valence-corrected chi connectivity index (χ1v) is 7.30. The van der Waals surface area contributed by atoms with Crippen LogP contribution in [0.1, 0.15) is 24.1 Å². The number of hydrogen-bond acceptors (Lipinski definition) is 2. The fourth-order valence-corrected chi connectivity index (χ4v) is 2.81. The highest BCUT2D eigenvalue weighted by Crippen LogP contribution is 2.29. The normalized spacial score (nSPS) is 12.6. The highest BCUT2D eigenvalue weighted by molar-refractivity contribution is 14.1. The monoisotopic (exact) mass is 405 g/mol. The topological polar surface area (TPSA) is 25.2 Å². The zero-order chi connectivity index (χ0) is 12.3. The fourth-order valence-electron chi connectivity index (χ4n) is 1.79. The van der Waals surface area contributed by atoms with Crippen molar-refractivity contribution in [3.8, 4) is 0 Å². The van der Waals surface area contributed by atoms with E-state index in [0.29, 0.717) is 0 Å². The quantitative estimate of drug-likeness (QED) is 0.765. The first kappa shape index (κ1) is 13.1. The number of benzene rings is 1. The van der Waals surface area contributed by atoms with Gasteiger partial charge in [0.05, 0.1) is 18.6 Å². The summed E-state index contributed by atoms with van der Waals surface area (Å²) in [6.07, 6.45) is 3.51. The van der Waals surface area contributed by atoms with Crippen molar-refractivity contribution < 1.29 is 4.42 Å². The number of furan rings is 1. The Morgan fingerprint density at radius 2 is 2.24 bits per heavy atom. The van der Waals surface area contributed by atoms with E-state index < -0.39 is 0 Å². The molecule has 1 unspecified atom stereocenters. The van der Waals surface area contributed by atoms with Crippen LogP contribution < -0.4 is 5.32 Å². The number of halogens is 2. The Hall–Kier alpha value is -0.330. The van der Waals surface area contributed by atoms with Gasteiger partial charge in [-0.25, -0.2) is 0 Å². The van der Waals surface area contributed by atoms with E-state index in [2.05, 4.69) is 69.0 Å². The molecule has 0 radical (unpaired) electrons. The van der Waals surface area contributed by atoms with Gasteiger partial charge in [-0.3, -0.25) is 0 Å². The van der Waals surface area contributed by atoms with Gasteiger partial charge in [-0.2, -0.15) is 0 Å². The van der Waals surface area contributed by atoms with Crippen molar-refractivity contribution in [3.63, 3.8) is 0 Å². The highest BCUT2D eigenvalue weighted by atomic mass is 127. The van der Waals surface area contributed by atoms with Gasteiger partial charge in [0.1, 0.15) is 0 Å². The molecule has 2 rings (SSSR count). The molecule has 2 nitrogen and oxygen atoms in total. The second-order valence-electron chi connectivity index (χ2n) is 3.71. The highest BCUT2D eigenvalue weighted by Gasteiger charge is 2.17. The van der Waals surface area contributed by atoms with Crippen LogP contribution in [0.4, 0.5) is 0 Å². The van der Waals surface area contributed by atoms with E-state index in [0.717, 1.165) is 16.6 Å². The second kappa shape index (κ2) is 6.02. The van der Waals surface area contributed by atoms with E-state index in [1.807, 2.05) is 6.07 Å². The molecule has 0 amide bonds. The lowest BCUT2D eigenvalue weighted by atomic mass is 10.0. The van der Waals surface area contributed by atoms with E-state index >= 15 is 0 Å². The van der Waals surface area contributed by atoms with Gasteiger partial charge in [0.15, 0.2) is 0 Å². The molecule has 4 heteroatoms. The van der Waals surface area contributed by atoms with Gasteiger partial charge in [0.25, 0.3) is 0 Å². The molecule has 0 aliphatic heterocycles. The Morgan fingerprint density at radius 3 is 2.88 bits per heavy atom. The van der Waals surface area contributed by atoms with Crippen molar-refractivity contribution >= 4 is 38.5 Å². The van der Waals surface area contributed by atoms with Crippen LogP contribution in [-0.4, -0.2) is 6.54 Å². The van der Waals surface area contributed by atoms with Crippen molar-refractivity contribution in [2.45, 2.75) is 13.0 Å². The predicted octanol–water partition coefficient (Wildman–Crippen LogP) is 4.35. The summed E-state index contributed by atoms with van der Waals surface area (Å²) in [6.45, 7) is 3.02.